The minimum absolute atomic E-state index is 0.0258. The van der Waals surface area contributed by atoms with Gasteiger partial charge in [0, 0.05) is 30.3 Å². The van der Waals surface area contributed by atoms with Crippen LogP contribution in [0.15, 0.2) is 6.07 Å². The summed E-state index contributed by atoms with van der Waals surface area (Å²) in [5, 5.41) is 1.71. The average Bonchev–Trinajstić information content (AvgIpc) is 3.00. The summed E-state index contributed by atoms with van der Waals surface area (Å²) in [5.41, 5.74) is 0.533. The van der Waals surface area contributed by atoms with Crippen LogP contribution in [0.5, 0.6) is 0 Å². The maximum absolute atomic E-state index is 14.7. The summed E-state index contributed by atoms with van der Waals surface area (Å²) in [6.07, 6.45) is -3.91. The Hall–Kier alpha value is -2.23. The van der Waals surface area contributed by atoms with Gasteiger partial charge in [-0.05, 0) is 12.3 Å². The van der Waals surface area contributed by atoms with Crippen LogP contribution in [0.4, 0.5) is 29.1 Å². The van der Waals surface area contributed by atoms with E-state index >= 15 is 0 Å². The van der Waals surface area contributed by atoms with Crippen molar-refractivity contribution in [1.82, 2.24) is 9.97 Å². The molecule has 0 aromatic carbocycles. The first kappa shape index (κ1) is 21.5. The van der Waals surface area contributed by atoms with E-state index < -0.39 is 17.0 Å². The lowest BCUT2D eigenvalue weighted by atomic mass is 9.92. The highest BCUT2D eigenvalue weighted by Crippen LogP contribution is 2.37. The normalized spacial score (nSPS) is 14.7. The predicted octanol–water partition coefficient (Wildman–Crippen LogP) is 4.94. The first-order valence-electron chi connectivity index (χ1n) is 9.11. The summed E-state index contributed by atoms with van der Waals surface area (Å²) < 4.78 is 53.3. The number of carbonyl (C=O) groups excluding carboxylic acids is 1. The highest BCUT2D eigenvalue weighted by atomic mass is 32.1. The van der Waals surface area contributed by atoms with Crippen molar-refractivity contribution in [2.45, 2.75) is 53.3 Å². The molecule has 1 aliphatic heterocycles. The van der Waals surface area contributed by atoms with Crippen molar-refractivity contribution in [3.8, 4) is 0 Å². The number of hydrogen-bond donors (Lipinski definition) is 1. The molecule has 0 aliphatic carbocycles. The summed E-state index contributed by atoms with van der Waals surface area (Å²) in [7, 11) is 0. The highest BCUT2D eigenvalue weighted by molar-refractivity contribution is 7.11. The number of thiazole rings is 1. The van der Waals surface area contributed by atoms with Gasteiger partial charge in [-0.15, -0.1) is 11.3 Å². The van der Waals surface area contributed by atoms with E-state index in [0.29, 0.717) is 46.4 Å². The number of aryl methyl sites for hydroxylation is 1. The first-order valence-corrected chi connectivity index (χ1v) is 9.93. The van der Waals surface area contributed by atoms with Crippen LogP contribution in [0.2, 0.25) is 0 Å². The SMILES string of the molecule is Cc1nc(N2CCc3nc(C(F)(F)F)sc3C2)cc(F)c1NC(=O)CC(C)(C)C. The second kappa shape index (κ2) is 7.55. The quantitative estimate of drug-likeness (QED) is 0.701. The maximum Gasteiger partial charge on any atom is 0.443 e. The van der Waals surface area contributed by atoms with Gasteiger partial charge in [0.2, 0.25) is 5.91 Å². The van der Waals surface area contributed by atoms with Gasteiger partial charge < -0.3 is 10.2 Å². The Bertz CT molecular complexity index is 910. The number of rotatable bonds is 3. The summed E-state index contributed by atoms with van der Waals surface area (Å²) in [6, 6.07) is 1.20. The molecule has 0 spiro atoms. The van der Waals surface area contributed by atoms with Crippen LogP contribution in [-0.2, 0) is 23.9 Å². The van der Waals surface area contributed by atoms with E-state index in [9.17, 15) is 22.4 Å². The molecule has 1 N–H and O–H groups in total. The molecule has 1 aliphatic rings. The van der Waals surface area contributed by atoms with Crippen LogP contribution in [0.1, 0.15) is 48.5 Å². The molecule has 2 aromatic heterocycles. The predicted molar refractivity (Wildman–Crippen MR) is 104 cm³/mol. The molecule has 158 valence electrons. The molecule has 29 heavy (non-hydrogen) atoms. The van der Waals surface area contributed by atoms with Gasteiger partial charge in [0.1, 0.15) is 5.82 Å². The largest absolute Gasteiger partial charge is 0.443 e. The third kappa shape index (κ3) is 5.04. The van der Waals surface area contributed by atoms with E-state index in [4.69, 9.17) is 0 Å². The van der Waals surface area contributed by atoms with Crippen molar-refractivity contribution >= 4 is 28.7 Å². The lowest BCUT2D eigenvalue weighted by Gasteiger charge is -2.28. The molecule has 0 unspecified atom stereocenters. The molecule has 5 nitrogen and oxygen atoms in total. The number of carbonyl (C=O) groups is 1. The number of nitrogens with zero attached hydrogens (tertiary/aromatic N) is 3. The minimum Gasteiger partial charge on any atom is -0.351 e. The van der Waals surface area contributed by atoms with Crippen molar-refractivity contribution in [2.75, 3.05) is 16.8 Å². The molecule has 0 saturated carbocycles. The molecule has 1 amide bonds. The number of alkyl halides is 3. The molecule has 3 heterocycles. The van der Waals surface area contributed by atoms with Gasteiger partial charge in [-0.1, -0.05) is 20.8 Å². The number of aromatic nitrogens is 2. The average molecular weight is 430 g/mol. The Kier molecular flexibility index (Phi) is 5.59. The van der Waals surface area contributed by atoms with Gasteiger partial charge in [0.05, 0.1) is 23.6 Å². The Labute approximate surface area is 170 Å². The lowest BCUT2D eigenvalue weighted by molar-refractivity contribution is -0.137. The van der Waals surface area contributed by atoms with Gasteiger partial charge in [-0.25, -0.2) is 14.4 Å². The third-order valence-corrected chi connectivity index (χ3v) is 5.52. The van der Waals surface area contributed by atoms with Crippen LogP contribution in [0.3, 0.4) is 0 Å². The van der Waals surface area contributed by atoms with E-state index in [0.717, 1.165) is 0 Å². The number of halogens is 4. The minimum atomic E-state index is -4.47. The van der Waals surface area contributed by atoms with Crippen LogP contribution < -0.4 is 10.2 Å². The number of amides is 1. The Morgan fingerprint density at radius 2 is 1.97 bits per heavy atom. The molecular weight excluding hydrogens is 408 g/mol. The van der Waals surface area contributed by atoms with Crippen molar-refractivity contribution in [1.29, 1.82) is 0 Å². The standard InChI is InChI=1S/C19H22F4N4OS/c1-10-16(26-15(28)8-18(2,3)4)11(20)7-14(24-10)27-6-5-12-13(9-27)29-17(25-12)19(21,22)23/h7H,5-6,8-9H2,1-4H3,(H,26,28). The topological polar surface area (TPSA) is 58.1 Å². The van der Waals surface area contributed by atoms with Gasteiger partial charge in [0.15, 0.2) is 10.8 Å². The van der Waals surface area contributed by atoms with Gasteiger partial charge >= 0.3 is 6.18 Å². The second-order valence-electron chi connectivity index (χ2n) is 8.27. The second-order valence-corrected chi connectivity index (χ2v) is 9.35. The Morgan fingerprint density at radius 3 is 2.55 bits per heavy atom. The van der Waals surface area contributed by atoms with Gasteiger partial charge in [0.25, 0.3) is 0 Å². The third-order valence-electron chi connectivity index (χ3n) is 4.39. The molecule has 0 radical (unpaired) electrons. The van der Waals surface area contributed by atoms with Gasteiger partial charge in [-0.2, -0.15) is 13.2 Å². The fraction of sp³-hybridized carbons (Fsp3) is 0.526. The summed E-state index contributed by atoms with van der Waals surface area (Å²) >= 11 is 0.610. The van der Waals surface area contributed by atoms with E-state index in [1.807, 2.05) is 20.8 Å². The van der Waals surface area contributed by atoms with Crippen LogP contribution in [-0.4, -0.2) is 22.4 Å². The van der Waals surface area contributed by atoms with E-state index in [-0.39, 0.29) is 30.0 Å². The van der Waals surface area contributed by atoms with E-state index in [1.165, 1.54) is 6.07 Å². The Balaban J connectivity index is 1.79. The zero-order valence-corrected chi connectivity index (χ0v) is 17.4. The first-order chi connectivity index (χ1) is 13.3. The number of fused-ring (bicyclic) bond motifs is 1. The lowest BCUT2D eigenvalue weighted by Crippen LogP contribution is -2.31. The number of pyridine rings is 1. The molecular formula is C19H22F4N4OS. The zero-order chi connectivity index (χ0) is 21.6. The zero-order valence-electron chi connectivity index (χ0n) is 16.6. The molecule has 3 rings (SSSR count). The van der Waals surface area contributed by atoms with Crippen molar-refractivity contribution < 1.29 is 22.4 Å². The number of hydrogen-bond acceptors (Lipinski definition) is 5. The summed E-state index contributed by atoms with van der Waals surface area (Å²) in [5.74, 6) is -0.608. The van der Waals surface area contributed by atoms with Crippen molar-refractivity contribution in [3.05, 3.63) is 33.2 Å². The molecule has 2 aromatic rings. The smallest absolute Gasteiger partial charge is 0.351 e. The van der Waals surface area contributed by atoms with E-state index in [1.54, 1.807) is 11.8 Å². The molecule has 10 heteroatoms. The van der Waals surface area contributed by atoms with Crippen LogP contribution in [0.25, 0.3) is 0 Å². The number of anilines is 2. The molecule has 0 fully saturated rings. The fourth-order valence-corrected chi connectivity index (χ4v) is 4.10. The van der Waals surface area contributed by atoms with Crippen molar-refractivity contribution in [2.24, 2.45) is 5.41 Å². The van der Waals surface area contributed by atoms with Crippen molar-refractivity contribution in [3.63, 3.8) is 0 Å². The van der Waals surface area contributed by atoms with Crippen LogP contribution in [0, 0.1) is 18.2 Å². The number of nitrogens with one attached hydrogen (secondary N) is 1. The summed E-state index contributed by atoms with van der Waals surface area (Å²) in [4.78, 5) is 22.4. The Morgan fingerprint density at radius 1 is 1.28 bits per heavy atom. The molecule has 0 atom stereocenters. The van der Waals surface area contributed by atoms with Crippen LogP contribution >= 0.6 is 11.3 Å². The molecule has 0 saturated heterocycles. The monoisotopic (exact) mass is 430 g/mol. The summed E-state index contributed by atoms with van der Waals surface area (Å²) in [6.45, 7) is 7.88. The molecule has 0 bridgehead atoms. The van der Waals surface area contributed by atoms with E-state index in [2.05, 4.69) is 15.3 Å². The van der Waals surface area contributed by atoms with Gasteiger partial charge in [-0.3, -0.25) is 4.79 Å². The maximum atomic E-state index is 14.7. The highest BCUT2D eigenvalue weighted by Gasteiger charge is 2.37. The fourth-order valence-electron chi connectivity index (χ4n) is 3.11.